The number of hydrogen-bond acceptors (Lipinski definition) is 3. The second kappa shape index (κ2) is 6.55. The predicted molar refractivity (Wildman–Crippen MR) is 84.5 cm³/mol. The van der Waals surface area contributed by atoms with Gasteiger partial charge in [0.15, 0.2) is 0 Å². The lowest BCUT2D eigenvalue weighted by Gasteiger charge is -2.08. The number of halogens is 2. The average molecular weight is 370 g/mol. The summed E-state index contributed by atoms with van der Waals surface area (Å²) in [6.07, 6.45) is 1.50. The van der Waals surface area contributed by atoms with Crippen LogP contribution in [0.25, 0.3) is 0 Å². The fraction of sp³-hybridized carbons (Fsp3) is 0. The second-order valence-electron chi connectivity index (χ2n) is 4.01. The number of amides is 3. The van der Waals surface area contributed by atoms with Crippen LogP contribution < -0.4 is 16.4 Å². The van der Waals surface area contributed by atoms with Gasteiger partial charge in [-0.15, -0.1) is 0 Å². The summed E-state index contributed by atoms with van der Waals surface area (Å²) in [4.78, 5) is 26.7. The van der Waals surface area contributed by atoms with Crippen molar-refractivity contribution < 1.29 is 9.59 Å². The quantitative estimate of drug-likeness (QED) is 0.724. The Labute approximate surface area is 133 Å². The molecule has 1 aromatic heterocycles. The molecular weight excluding hydrogens is 360 g/mol. The zero-order valence-electron chi connectivity index (χ0n) is 10.6. The highest BCUT2D eigenvalue weighted by Crippen LogP contribution is 2.20. The van der Waals surface area contributed by atoms with E-state index in [1.807, 2.05) is 0 Å². The molecule has 3 amide bonds. The summed E-state index contributed by atoms with van der Waals surface area (Å²) >= 11 is 9.11. The molecule has 0 aliphatic heterocycles. The van der Waals surface area contributed by atoms with Crippen LogP contribution in [0, 0.1) is 0 Å². The molecule has 0 fully saturated rings. The highest BCUT2D eigenvalue weighted by atomic mass is 79.9. The third kappa shape index (κ3) is 4.17. The topological polar surface area (TPSA) is 97.1 Å². The number of anilines is 2. The Morgan fingerprint density at radius 3 is 2.29 bits per heavy atom. The van der Waals surface area contributed by atoms with Crippen LogP contribution in [0.1, 0.15) is 10.4 Å². The van der Waals surface area contributed by atoms with Gasteiger partial charge in [-0.2, -0.15) is 0 Å². The van der Waals surface area contributed by atoms with Crippen LogP contribution >= 0.6 is 27.5 Å². The Hall–Kier alpha value is -2.12. The van der Waals surface area contributed by atoms with Crippen molar-refractivity contribution >= 4 is 50.8 Å². The van der Waals surface area contributed by atoms with Gasteiger partial charge in [0.1, 0.15) is 5.15 Å². The van der Waals surface area contributed by atoms with E-state index in [9.17, 15) is 9.59 Å². The lowest BCUT2D eigenvalue weighted by molar-refractivity contribution is 0.102. The summed E-state index contributed by atoms with van der Waals surface area (Å²) in [6.45, 7) is 0. The maximum Gasteiger partial charge on any atom is 0.316 e. The smallest absolute Gasteiger partial charge is 0.316 e. The number of nitrogens with zero attached hydrogens (tertiary/aromatic N) is 1. The number of rotatable bonds is 3. The highest BCUT2D eigenvalue weighted by Gasteiger charge is 2.12. The van der Waals surface area contributed by atoms with Gasteiger partial charge < -0.3 is 16.4 Å². The van der Waals surface area contributed by atoms with Crippen molar-refractivity contribution in [3.05, 3.63) is 51.7 Å². The molecule has 2 aromatic rings. The largest absolute Gasteiger partial charge is 0.351 e. The molecule has 6 nitrogen and oxygen atoms in total. The minimum atomic E-state index is -0.654. The highest BCUT2D eigenvalue weighted by molar-refractivity contribution is 9.10. The van der Waals surface area contributed by atoms with Gasteiger partial charge in [-0.3, -0.25) is 4.79 Å². The Morgan fingerprint density at radius 2 is 1.71 bits per heavy atom. The molecule has 0 aliphatic carbocycles. The number of hydrogen-bond donors (Lipinski definition) is 3. The molecule has 0 atom stereocenters. The fourth-order valence-corrected chi connectivity index (χ4v) is 2.08. The van der Waals surface area contributed by atoms with E-state index >= 15 is 0 Å². The molecular formula is C13H10BrClN4O2. The first-order valence-corrected chi connectivity index (χ1v) is 6.92. The first-order chi connectivity index (χ1) is 9.95. The Balaban J connectivity index is 2.12. The molecule has 0 unspecified atom stereocenters. The van der Waals surface area contributed by atoms with Gasteiger partial charge in [-0.1, -0.05) is 11.6 Å². The van der Waals surface area contributed by atoms with E-state index in [0.29, 0.717) is 15.8 Å². The molecule has 0 spiro atoms. The zero-order chi connectivity index (χ0) is 15.4. The van der Waals surface area contributed by atoms with Gasteiger partial charge in [0, 0.05) is 22.0 Å². The summed E-state index contributed by atoms with van der Waals surface area (Å²) in [5, 5.41) is 5.21. The van der Waals surface area contributed by atoms with E-state index in [1.165, 1.54) is 6.20 Å². The maximum absolute atomic E-state index is 12.1. The van der Waals surface area contributed by atoms with E-state index in [0.717, 1.165) is 0 Å². The summed E-state index contributed by atoms with van der Waals surface area (Å²) in [5.41, 5.74) is 6.34. The molecule has 108 valence electrons. The van der Waals surface area contributed by atoms with Crippen LogP contribution in [0.15, 0.2) is 41.0 Å². The summed E-state index contributed by atoms with van der Waals surface area (Å²) < 4.78 is 0.651. The third-order valence-electron chi connectivity index (χ3n) is 2.46. The number of nitrogens with one attached hydrogen (secondary N) is 2. The molecule has 0 bridgehead atoms. The average Bonchev–Trinajstić information content (AvgIpc) is 2.43. The van der Waals surface area contributed by atoms with Crippen molar-refractivity contribution in [1.29, 1.82) is 0 Å². The van der Waals surface area contributed by atoms with Crippen molar-refractivity contribution in [3.8, 4) is 0 Å². The van der Waals surface area contributed by atoms with E-state index in [-0.39, 0.29) is 16.6 Å². The van der Waals surface area contributed by atoms with Crippen molar-refractivity contribution in [3.63, 3.8) is 0 Å². The number of nitrogens with two attached hydrogens (primary N) is 1. The summed E-state index contributed by atoms with van der Waals surface area (Å²) in [6, 6.07) is 7.40. The monoisotopic (exact) mass is 368 g/mol. The number of pyridine rings is 1. The van der Waals surface area contributed by atoms with Gasteiger partial charge in [0.05, 0.1) is 5.56 Å². The van der Waals surface area contributed by atoms with Crippen LogP contribution in [0.5, 0.6) is 0 Å². The lowest BCUT2D eigenvalue weighted by atomic mass is 10.2. The molecule has 2 rings (SSSR count). The van der Waals surface area contributed by atoms with Crippen molar-refractivity contribution in [2.75, 3.05) is 10.6 Å². The second-order valence-corrected chi connectivity index (χ2v) is 5.29. The Bertz CT molecular complexity index is 691. The standard InChI is InChI=1S/C13H10BrClN4O2/c14-7-5-10(11(15)17-6-7)12(20)18-8-1-3-9(4-2-8)19-13(16)21/h1-6H,(H,18,20)(H3,16,19,21). The van der Waals surface area contributed by atoms with Gasteiger partial charge in [0.25, 0.3) is 5.91 Å². The molecule has 0 aliphatic rings. The van der Waals surface area contributed by atoms with E-state index in [1.54, 1.807) is 30.3 Å². The SMILES string of the molecule is NC(=O)Nc1ccc(NC(=O)c2cc(Br)cnc2Cl)cc1. The van der Waals surface area contributed by atoms with E-state index < -0.39 is 6.03 Å². The van der Waals surface area contributed by atoms with Crippen molar-refractivity contribution in [2.45, 2.75) is 0 Å². The molecule has 0 saturated carbocycles. The summed E-state index contributed by atoms with van der Waals surface area (Å²) in [5.74, 6) is -0.385. The first-order valence-electron chi connectivity index (χ1n) is 5.74. The summed E-state index contributed by atoms with van der Waals surface area (Å²) in [7, 11) is 0. The first kappa shape index (κ1) is 15.3. The number of aromatic nitrogens is 1. The van der Waals surface area contributed by atoms with Crippen LogP contribution in [0.2, 0.25) is 5.15 Å². The van der Waals surface area contributed by atoms with Crippen LogP contribution in [-0.4, -0.2) is 16.9 Å². The van der Waals surface area contributed by atoms with Crippen LogP contribution in [0.3, 0.4) is 0 Å². The fourth-order valence-electron chi connectivity index (χ4n) is 1.56. The third-order valence-corrected chi connectivity index (χ3v) is 3.20. The van der Waals surface area contributed by atoms with E-state index in [4.69, 9.17) is 17.3 Å². The van der Waals surface area contributed by atoms with Gasteiger partial charge >= 0.3 is 6.03 Å². The van der Waals surface area contributed by atoms with Crippen LogP contribution in [-0.2, 0) is 0 Å². The number of benzene rings is 1. The molecule has 4 N–H and O–H groups in total. The normalized spacial score (nSPS) is 10.0. The number of primary amides is 1. The van der Waals surface area contributed by atoms with Crippen molar-refractivity contribution in [1.82, 2.24) is 4.98 Å². The number of carbonyl (C=O) groups excluding carboxylic acids is 2. The minimum absolute atomic E-state index is 0.114. The molecule has 8 heteroatoms. The van der Waals surface area contributed by atoms with E-state index in [2.05, 4.69) is 31.5 Å². The van der Waals surface area contributed by atoms with Gasteiger partial charge in [0.2, 0.25) is 0 Å². The predicted octanol–water partition coefficient (Wildman–Crippen LogP) is 3.24. The zero-order valence-corrected chi connectivity index (χ0v) is 12.9. The number of urea groups is 1. The minimum Gasteiger partial charge on any atom is -0.351 e. The molecule has 1 aromatic carbocycles. The Morgan fingerprint density at radius 1 is 1.14 bits per heavy atom. The van der Waals surface area contributed by atoms with Gasteiger partial charge in [-0.05, 0) is 46.3 Å². The maximum atomic E-state index is 12.1. The van der Waals surface area contributed by atoms with Gasteiger partial charge in [-0.25, -0.2) is 9.78 Å². The number of carbonyl (C=O) groups is 2. The molecule has 21 heavy (non-hydrogen) atoms. The molecule has 1 heterocycles. The molecule has 0 radical (unpaired) electrons. The lowest BCUT2D eigenvalue weighted by Crippen LogP contribution is -2.19. The molecule has 0 saturated heterocycles. The Kier molecular flexibility index (Phi) is 4.77. The van der Waals surface area contributed by atoms with Crippen molar-refractivity contribution in [2.24, 2.45) is 5.73 Å². The van der Waals surface area contributed by atoms with Crippen LogP contribution in [0.4, 0.5) is 16.2 Å².